The highest BCUT2D eigenvalue weighted by atomic mass is 16.5. The Morgan fingerprint density at radius 1 is 0.395 bits per heavy atom. The third kappa shape index (κ3) is 3.76. The zero-order chi connectivity index (χ0) is 25.6. The van der Waals surface area contributed by atoms with Crippen LogP contribution in [0.2, 0.25) is 0 Å². The van der Waals surface area contributed by atoms with Gasteiger partial charge in [0, 0.05) is 21.5 Å². The van der Waals surface area contributed by atoms with E-state index in [2.05, 4.69) is 9.97 Å². The third-order valence-corrected chi connectivity index (χ3v) is 6.61. The predicted molar refractivity (Wildman–Crippen MR) is 151 cm³/mol. The van der Waals surface area contributed by atoms with E-state index in [-0.39, 0.29) is 10.9 Å². The quantitative estimate of drug-likeness (QED) is 0.251. The second-order valence-electron chi connectivity index (χ2n) is 9.10. The number of benzene rings is 5. The van der Waals surface area contributed by atoms with Gasteiger partial charge in [-0.05, 0) is 72.8 Å². The van der Waals surface area contributed by atoms with Crippen molar-refractivity contribution in [2.75, 3.05) is 0 Å². The van der Waals surface area contributed by atoms with Crippen LogP contribution in [0.3, 0.4) is 0 Å². The SMILES string of the molecule is O=c1c2cc(Oc3ccccc3)ccc2[nH]c2cc3c(=O)c4cc(Oc5ccccc5)ccc4[nH]c3cc12. The van der Waals surface area contributed by atoms with Crippen LogP contribution in [-0.4, -0.2) is 9.97 Å². The summed E-state index contributed by atoms with van der Waals surface area (Å²) in [4.78, 5) is 33.7. The summed E-state index contributed by atoms with van der Waals surface area (Å²) in [5, 5.41) is 1.99. The first-order valence-electron chi connectivity index (χ1n) is 12.2. The molecule has 0 aliphatic rings. The second kappa shape index (κ2) is 8.64. The van der Waals surface area contributed by atoms with E-state index in [9.17, 15) is 9.59 Å². The van der Waals surface area contributed by atoms with Crippen LogP contribution in [-0.2, 0) is 0 Å². The molecule has 7 rings (SSSR count). The van der Waals surface area contributed by atoms with Crippen molar-refractivity contribution in [1.29, 1.82) is 0 Å². The van der Waals surface area contributed by atoms with Crippen LogP contribution >= 0.6 is 0 Å². The second-order valence-corrected chi connectivity index (χ2v) is 9.10. The van der Waals surface area contributed by atoms with Gasteiger partial charge in [-0.25, -0.2) is 0 Å². The summed E-state index contributed by atoms with van der Waals surface area (Å²) in [6.07, 6.45) is 0. The Labute approximate surface area is 215 Å². The maximum Gasteiger partial charge on any atom is 0.197 e. The van der Waals surface area contributed by atoms with Gasteiger partial charge in [0.05, 0.1) is 22.1 Å². The molecule has 2 N–H and O–H groups in total. The molecule has 0 atom stereocenters. The maximum atomic E-state index is 13.5. The van der Waals surface area contributed by atoms with Gasteiger partial charge in [0.25, 0.3) is 0 Å². The molecule has 2 aromatic heterocycles. The Balaban J connectivity index is 1.36. The van der Waals surface area contributed by atoms with E-state index in [0.717, 1.165) is 0 Å². The molecular weight excluding hydrogens is 476 g/mol. The standard InChI is InChI=1S/C32H20N2O4/c35-31-23-15-21(37-19-7-3-1-4-8-19)11-13-27(23)33-29-18-26-30(17-25(29)31)34-28-14-12-22(16-24(28)32(26)36)38-20-9-5-2-6-10-20/h1-18H,(H,33,35)(H,34,36). The normalized spacial score (nSPS) is 11.4. The predicted octanol–water partition coefficient (Wildman–Crippen LogP) is 7.26. The topological polar surface area (TPSA) is 84.2 Å². The lowest BCUT2D eigenvalue weighted by Crippen LogP contribution is -2.08. The molecule has 0 fully saturated rings. The van der Waals surface area contributed by atoms with Gasteiger partial charge >= 0.3 is 0 Å². The van der Waals surface area contributed by atoms with Gasteiger partial charge in [0.2, 0.25) is 0 Å². The maximum absolute atomic E-state index is 13.5. The molecule has 0 radical (unpaired) electrons. The molecule has 0 saturated heterocycles. The molecule has 38 heavy (non-hydrogen) atoms. The Hall–Kier alpha value is -5.36. The minimum Gasteiger partial charge on any atom is -0.457 e. The zero-order valence-electron chi connectivity index (χ0n) is 20.0. The molecule has 0 bridgehead atoms. The van der Waals surface area contributed by atoms with Crippen molar-refractivity contribution in [3.8, 4) is 23.0 Å². The molecule has 0 saturated carbocycles. The van der Waals surface area contributed by atoms with Crippen LogP contribution in [0.1, 0.15) is 0 Å². The fourth-order valence-electron chi connectivity index (χ4n) is 4.78. The number of rotatable bonds is 4. The molecule has 182 valence electrons. The van der Waals surface area contributed by atoms with Gasteiger partial charge in [-0.15, -0.1) is 0 Å². The molecule has 0 amide bonds. The zero-order valence-corrected chi connectivity index (χ0v) is 20.0. The number of aromatic amines is 2. The summed E-state index contributed by atoms with van der Waals surface area (Å²) in [6, 6.07) is 33.1. The summed E-state index contributed by atoms with van der Waals surface area (Å²) in [7, 11) is 0. The van der Waals surface area contributed by atoms with Crippen LogP contribution in [0.15, 0.2) is 119 Å². The van der Waals surface area contributed by atoms with Crippen LogP contribution in [0, 0.1) is 0 Å². The third-order valence-electron chi connectivity index (χ3n) is 6.61. The number of nitrogens with one attached hydrogen (secondary N) is 2. The summed E-state index contributed by atoms with van der Waals surface area (Å²) in [5.41, 5.74) is 2.24. The van der Waals surface area contributed by atoms with E-state index >= 15 is 0 Å². The minimum absolute atomic E-state index is 0.137. The summed E-state index contributed by atoms with van der Waals surface area (Å²) >= 11 is 0. The van der Waals surface area contributed by atoms with Crippen molar-refractivity contribution in [2.24, 2.45) is 0 Å². The Morgan fingerprint density at radius 3 is 1.21 bits per heavy atom. The largest absolute Gasteiger partial charge is 0.457 e. The van der Waals surface area contributed by atoms with Crippen molar-refractivity contribution in [3.63, 3.8) is 0 Å². The fourth-order valence-corrected chi connectivity index (χ4v) is 4.78. The molecule has 5 aromatic carbocycles. The van der Waals surface area contributed by atoms with Gasteiger partial charge in [-0.3, -0.25) is 9.59 Å². The lowest BCUT2D eigenvalue weighted by Gasteiger charge is -2.10. The molecule has 0 aliphatic carbocycles. The monoisotopic (exact) mass is 496 g/mol. The number of aromatic nitrogens is 2. The van der Waals surface area contributed by atoms with Gasteiger partial charge < -0.3 is 19.4 Å². The van der Waals surface area contributed by atoms with E-state index in [4.69, 9.17) is 9.47 Å². The van der Waals surface area contributed by atoms with Crippen molar-refractivity contribution in [1.82, 2.24) is 9.97 Å². The van der Waals surface area contributed by atoms with Gasteiger partial charge in [-0.1, -0.05) is 36.4 Å². The molecule has 7 aromatic rings. The smallest absolute Gasteiger partial charge is 0.197 e. The lowest BCUT2D eigenvalue weighted by atomic mass is 10.0. The van der Waals surface area contributed by atoms with Crippen LogP contribution in [0.5, 0.6) is 23.0 Å². The Morgan fingerprint density at radius 2 is 0.789 bits per heavy atom. The molecule has 2 heterocycles. The van der Waals surface area contributed by atoms with E-state index in [0.29, 0.717) is 66.6 Å². The summed E-state index contributed by atoms with van der Waals surface area (Å²) < 4.78 is 11.8. The highest BCUT2D eigenvalue weighted by Gasteiger charge is 2.13. The fraction of sp³-hybridized carbons (Fsp3) is 0. The van der Waals surface area contributed by atoms with Crippen molar-refractivity contribution in [2.45, 2.75) is 0 Å². The Kier molecular flexibility index (Phi) is 4.97. The Bertz CT molecular complexity index is 1960. The molecule has 0 aliphatic heterocycles. The van der Waals surface area contributed by atoms with E-state index in [1.54, 1.807) is 24.3 Å². The van der Waals surface area contributed by atoms with E-state index in [1.165, 1.54) is 0 Å². The van der Waals surface area contributed by atoms with Crippen molar-refractivity contribution in [3.05, 3.63) is 130 Å². The summed E-state index contributed by atoms with van der Waals surface area (Å²) in [5.74, 6) is 2.53. The number of hydrogen-bond donors (Lipinski definition) is 2. The minimum atomic E-state index is -0.137. The summed E-state index contributed by atoms with van der Waals surface area (Å²) in [6.45, 7) is 0. The molecular formula is C32H20N2O4. The van der Waals surface area contributed by atoms with Crippen molar-refractivity contribution >= 4 is 43.6 Å². The van der Waals surface area contributed by atoms with Gasteiger partial charge in [0.15, 0.2) is 10.9 Å². The van der Waals surface area contributed by atoms with Gasteiger partial charge in [0.1, 0.15) is 23.0 Å². The van der Waals surface area contributed by atoms with E-state index < -0.39 is 0 Å². The number of H-pyrrole nitrogens is 2. The van der Waals surface area contributed by atoms with Crippen molar-refractivity contribution < 1.29 is 9.47 Å². The molecule has 6 nitrogen and oxygen atoms in total. The average molecular weight is 497 g/mol. The highest BCUT2D eigenvalue weighted by molar-refractivity contribution is 6.03. The van der Waals surface area contributed by atoms with Gasteiger partial charge in [-0.2, -0.15) is 0 Å². The number of para-hydroxylation sites is 2. The van der Waals surface area contributed by atoms with E-state index in [1.807, 2.05) is 84.9 Å². The van der Waals surface area contributed by atoms with Crippen LogP contribution < -0.4 is 20.3 Å². The highest BCUT2D eigenvalue weighted by Crippen LogP contribution is 2.28. The number of ether oxygens (including phenoxy) is 2. The first-order chi connectivity index (χ1) is 18.6. The molecule has 0 spiro atoms. The van der Waals surface area contributed by atoms with Crippen LogP contribution in [0.4, 0.5) is 0 Å². The van der Waals surface area contributed by atoms with Crippen LogP contribution in [0.25, 0.3) is 43.6 Å². The first-order valence-corrected chi connectivity index (χ1v) is 12.2. The lowest BCUT2D eigenvalue weighted by molar-refractivity contribution is 0.483. The number of pyridine rings is 2. The molecule has 6 heteroatoms. The molecule has 0 unspecified atom stereocenters. The average Bonchev–Trinajstić information content (AvgIpc) is 2.95. The number of fused-ring (bicyclic) bond motifs is 4. The first kappa shape index (κ1) is 21.9. The number of hydrogen-bond acceptors (Lipinski definition) is 4.